The fourth-order valence-corrected chi connectivity index (χ4v) is 3.35. The minimum Gasteiger partial charge on any atom is -0.326 e. The largest absolute Gasteiger partial charge is 0.439 e. The number of anilines is 1. The summed E-state index contributed by atoms with van der Waals surface area (Å²) in [6.07, 6.45) is 9.31. The van der Waals surface area contributed by atoms with Crippen LogP contribution in [0.25, 0.3) is 11.4 Å². The van der Waals surface area contributed by atoms with E-state index in [9.17, 15) is 9.59 Å². The molecule has 0 spiro atoms. The second-order valence-electron chi connectivity index (χ2n) is 6.47. The zero-order valence-electron chi connectivity index (χ0n) is 13.7. The number of carbonyl (C=O) groups excluding carboxylic acids is 1. The summed E-state index contributed by atoms with van der Waals surface area (Å²) in [6.45, 7) is 0. The Bertz CT molecular complexity index is 729. The van der Waals surface area contributed by atoms with E-state index in [-0.39, 0.29) is 5.91 Å². The number of aromatic amines is 1. The van der Waals surface area contributed by atoms with Gasteiger partial charge in [0.2, 0.25) is 5.91 Å². The molecule has 1 aromatic carbocycles. The van der Waals surface area contributed by atoms with E-state index in [2.05, 4.69) is 20.0 Å². The molecule has 1 aromatic heterocycles. The number of hydrogen-bond donors (Lipinski definition) is 2. The van der Waals surface area contributed by atoms with Crippen LogP contribution in [0.2, 0.25) is 0 Å². The molecule has 128 valence electrons. The molecule has 1 aliphatic rings. The lowest BCUT2D eigenvalue weighted by Crippen LogP contribution is -2.13. The van der Waals surface area contributed by atoms with E-state index in [0.29, 0.717) is 23.5 Å². The number of nitrogens with one attached hydrogen (secondary N) is 2. The first-order chi connectivity index (χ1) is 11.7. The van der Waals surface area contributed by atoms with E-state index in [1.165, 1.54) is 32.1 Å². The lowest BCUT2D eigenvalue weighted by atomic mass is 9.86. The van der Waals surface area contributed by atoms with E-state index in [4.69, 9.17) is 0 Å². The van der Waals surface area contributed by atoms with Crippen molar-refractivity contribution >= 4 is 11.6 Å². The monoisotopic (exact) mass is 329 g/mol. The first-order valence-corrected chi connectivity index (χ1v) is 8.67. The summed E-state index contributed by atoms with van der Waals surface area (Å²) in [7, 11) is 0. The summed E-state index contributed by atoms with van der Waals surface area (Å²) in [5, 5.41) is 6.56. The quantitative estimate of drug-likeness (QED) is 0.845. The van der Waals surface area contributed by atoms with Gasteiger partial charge in [-0.05, 0) is 30.9 Å². The predicted octanol–water partition coefficient (Wildman–Crippen LogP) is 3.72. The number of aromatic nitrogens is 2. The van der Waals surface area contributed by atoms with E-state index in [1.807, 2.05) is 6.07 Å². The van der Waals surface area contributed by atoms with Crippen molar-refractivity contribution < 1.29 is 9.32 Å². The highest BCUT2D eigenvalue weighted by Gasteiger charge is 2.14. The van der Waals surface area contributed by atoms with Crippen molar-refractivity contribution in [1.82, 2.24) is 10.1 Å². The van der Waals surface area contributed by atoms with Crippen LogP contribution in [-0.4, -0.2) is 16.0 Å². The maximum Gasteiger partial charge on any atom is 0.439 e. The number of carbonyl (C=O) groups is 1. The Hall–Kier alpha value is -2.37. The molecule has 0 unspecified atom stereocenters. The van der Waals surface area contributed by atoms with Gasteiger partial charge in [0.25, 0.3) is 0 Å². The first kappa shape index (κ1) is 16.5. The van der Waals surface area contributed by atoms with Gasteiger partial charge in [-0.1, -0.05) is 49.4 Å². The molecule has 0 atom stereocenters. The SMILES string of the molecule is O=C(CCCC1CCCCC1)Nc1cccc(-c2noc(=O)[nH]2)c1. The fraction of sp³-hybridized carbons (Fsp3) is 0.500. The van der Waals surface area contributed by atoms with E-state index in [0.717, 1.165) is 18.8 Å². The summed E-state index contributed by atoms with van der Waals surface area (Å²) in [5.41, 5.74) is 1.39. The van der Waals surface area contributed by atoms with Crippen molar-refractivity contribution in [3.05, 3.63) is 34.8 Å². The van der Waals surface area contributed by atoms with Gasteiger partial charge >= 0.3 is 5.76 Å². The minimum absolute atomic E-state index is 0.0246. The van der Waals surface area contributed by atoms with Crippen molar-refractivity contribution in [2.75, 3.05) is 5.32 Å². The van der Waals surface area contributed by atoms with Crippen LogP contribution in [-0.2, 0) is 4.79 Å². The van der Waals surface area contributed by atoms with Crippen LogP contribution in [0.1, 0.15) is 51.4 Å². The van der Waals surface area contributed by atoms with Gasteiger partial charge in [0.05, 0.1) is 0 Å². The maximum absolute atomic E-state index is 12.1. The number of hydrogen-bond acceptors (Lipinski definition) is 4. The molecule has 1 saturated carbocycles. The Balaban J connectivity index is 1.50. The highest BCUT2D eigenvalue weighted by atomic mass is 16.5. The van der Waals surface area contributed by atoms with Gasteiger partial charge in [0.15, 0.2) is 5.82 Å². The van der Waals surface area contributed by atoms with Crippen LogP contribution >= 0.6 is 0 Å². The van der Waals surface area contributed by atoms with Crippen LogP contribution in [0.4, 0.5) is 5.69 Å². The van der Waals surface area contributed by atoms with Crippen LogP contribution in [0.3, 0.4) is 0 Å². The standard InChI is InChI=1S/C18H23N3O3/c22-16(11-4-8-13-6-2-1-3-7-13)19-15-10-5-9-14(12-15)17-20-18(23)24-21-17/h5,9-10,12-13H,1-4,6-8,11H2,(H,19,22)(H,20,21,23). The lowest BCUT2D eigenvalue weighted by Gasteiger charge is -2.21. The minimum atomic E-state index is -0.595. The molecule has 0 saturated heterocycles. The van der Waals surface area contributed by atoms with E-state index >= 15 is 0 Å². The number of benzene rings is 1. The third-order valence-corrected chi connectivity index (χ3v) is 4.60. The smallest absolute Gasteiger partial charge is 0.326 e. The molecule has 2 N–H and O–H groups in total. The zero-order chi connectivity index (χ0) is 16.8. The molecule has 0 radical (unpaired) electrons. The summed E-state index contributed by atoms with van der Waals surface area (Å²) < 4.78 is 4.50. The molecule has 6 heteroatoms. The van der Waals surface area contributed by atoms with Gasteiger partial charge in [-0.2, -0.15) is 0 Å². The molecule has 2 aromatic rings. The molecule has 6 nitrogen and oxygen atoms in total. The van der Waals surface area contributed by atoms with Gasteiger partial charge in [-0.3, -0.25) is 14.3 Å². The second-order valence-corrected chi connectivity index (χ2v) is 6.47. The summed E-state index contributed by atoms with van der Waals surface area (Å²) >= 11 is 0. The molecule has 0 aliphatic heterocycles. The highest BCUT2D eigenvalue weighted by Crippen LogP contribution is 2.27. The second kappa shape index (κ2) is 7.95. The van der Waals surface area contributed by atoms with Crippen molar-refractivity contribution in [3.8, 4) is 11.4 Å². The molecular weight excluding hydrogens is 306 g/mol. The Morgan fingerprint density at radius 2 is 2.12 bits per heavy atom. The van der Waals surface area contributed by atoms with E-state index in [1.54, 1.807) is 18.2 Å². The predicted molar refractivity (Wildman–Crippen MR) is 91.6 cm³/mol. The molecule has 1 aliphatic carbocycles. The first-order valence-electron chi connectivity index (χ1n) is 8.67. The van der Waals surface area contributed by atoms with Crippen molar-refractivity contribution in [2.24, 2.45) is 5.92 Å². The van der Waals surface area contributed by atoms with E-state index < -0.39 is 5.76 Å². The van der Waals surface area contributed by atoms with Crippen LogP contribution in [0.5, 0.6) is 0 Å². The Morgan fingerprint density at radius 1 is 1.29 bits per heavy atom. The molecule has 1 heterocycles. The van der Waals surface area contributed by atoms with Crippen LogP contribution < -0.4 is 11.1 Å². The molecule has 1 amide bonds. The zero-order valence-corrected chi connectivity index (χ0v) is 13.7. The number of rotatable bonds is 6. The van der Waals surface area contributed by atoms with Crippen molar-refractivity contribution in [2.45, 2.75) is 51.4 Å². The van der Waals surface area contributed by atoms with Gasteiger partial charge < -0.3 is 5.32 Å². The molecular formula is C18H23N3O3. The average molecular weight is 329 g/mol. The van der Waals surface area contributed by atoms with Crippen LogP contribution in [0, 0.1) is 5.92 Å². The summed E-state index contributed by atoms with van der Waals surface area (Å²) in [6, 6.07) is 7.19. The Kier molecular flexibility index (Phi) is 5.46. The molecule has 1 fully saturated rings. The summed E-state index contributed by atoms with van der Waals surface area (Å²) in [4.78, 5) is 25.6. The maximum atomic E-state index is 12.1. The lowest BCUT2D eigenvalue weighted by molar-refractivity contribution is -0.116. The van der Waals surface area contributed by atoms with Gasteiger partial charge in [-0.15, -0.1) is 0 Å². The third kappa shape index (κ3) is 4.57. The molecule has 24 heavy (non-hydrogen) atoms. The van der Waals surface area contributed by atoms with Gasteiger partial charge in [0.1, 0.15) is 0 Å². The van der Waals surface area contributed by atoms with Crippen molar-refractivity contribution in [1.29, 1.82) is 0 Å². The van der Waals surface area contributed by atoms with Crippen LogP contribution in [0.15, 0.2) is 33.6 Å². The summed E-state index contributed by atoms with van der Waals surface area (Å²) in [5.74, 6) is 0.589. The average Bonchev–Trinajstić information content (AvgIpc) is 3.03. The number of amides is 1. The van der Waals surface area contributed by atoms with Gasteiger partial charge in [-0.25, -0.2) is 4.79 Å². The third-order valence-electron chi connectivity index (χ3n) is 4.60. The Labute approximate surface area is 140 Å². The fourth-order valence-electron chi connectivity index (χ4n) is 3.35. The number of H-pyrrole nitrogens is 1. The number of nitrogens with zero attached hydrogens (tertiary/aromatic N) is 1. The molecule has 3 rings (SSSR count). The Morgan fingerprint density at radius 3 is 2.88 bits per heavy atom. The normalized spacial score (nSPS) is 15.3. The molecule has 0 bridgehead atoms. The highest BCUT2D eigenvalue weighted by molar-refractivity contribution is 5.91. The van der Waals surface area contributed by atoms with Gasteiger partial charge in [0, 0.05) is 17.7 Å². The topological polar surface area (TPSA) is 88.0 Å². The van der Waals surface area contributed by atoms with Crippen molar-refractivity contribution in [3.63, 3.8) is 0 Å².